The van der Waals surface area contributed by atoms with Gasteiger partial charge in [-0.15, -0.1) is 0 Å². The minimum absolute atomic E-state index is 0.613. The summed E-state index contributed by atoms with van der Waals surface area (Å²) in [5, 5.41) is 6.15. The van der Waals surface area contributed by atoms with E-state index in [0.29, 0.717) is 10.0 Å². The summed E-state index contributed by atoms with van der Waals surface area (Å²) in [4.78, 5) is 0. The first kappa shape index (κ1) is 13.9. The Bertz CT molecular complexity index is 956. The van der Waals surface area contributed by atoms with Crippen LogP contribution in [0.4, 0.5) is 0 Å². The predicted octanol–water partition coefficient (Wildman–Crippen LogP) is 4.82. The molecule has 3 heterocycles. The van der Waals surface area contributed by atoms with Gasteiger partial charge in [-0.1, -0.05) is 35.3 Å². The summed E-state index contributed by atoms with van der Waals surface area (Å²) in [5.41, 5.74) is 8.05. The molecule has 0 bridgehead atoms. The molecule has 3 aromatic rings. The van der Waals surface area contributed by atoms with Crippen LogP contribution < -0.4 is 5.32 Å². The van der Waals surface area contributed by atoms with E-state index in [9.17, 15) is 0 Å². The third kappa shape index (κ3) is 1.92. The van der Waals surface area contributed by atoms with Gasteiger partial charge in [0, 0.05) is 42.7 Å². The highest BCUT2D eigenvalue weighted by atomic mass is 35.5. The highest BCUT2D eigenvalue weighted by Crippen LogP contribution is 2.40. The van der Waals surface area contributed by atoms with Crippen LogP contribution in [0.25, 0.3) is 22.0 Å². The Morgan fingerprint density at radius 3 is 2.91 bits per heavy atom. The molecule has 116 valence electrons. The van der Waals surface area contributed by atoms with Crippen molar-refractivity contribution in [2.45, 2.75) is 25.9 Å². The summed E-state index contributed by atoms with van der Waals surface area (Å²) in [6.45, 7) is 3.14. The molecule has 0 saturated carbocycles. The van der Waals surface area contributed by atoms with Gasteiger partial charge in [0.1, 0.15) is 0 Å². The summed E-state index contributed by atoms with van der Waals surface area (Å²) in [6, 6.07) is 10.5. The number of rotatable bonds is 1. The zero-order valence-corrected chi connectivity index (χ0v) is 14.1. The van der Waals surface area contributed by atoms with Crippen molar-refractivity contribution in [3.05, 3.63) is 57.2 Å². The normalized spacial score (nSPS) is 16.1. The summed E-state index contributed by atoms with van der Waals surface area (Å²) in [5.74, 6) is 0. The molecule has 2 aromatic carbocycles. The maximum Gasteiger partial charge on any atom is 0.0670 e. The van der Waals surface area contributed by atoms with E-state index in [1.54, 1.807) is 0 Å². The first-order valence-corrected chi connectivity index (χ1v) is 8.81. The molecule has 0 aliphatic carbocycles. The second-order valence-corrected chi connectivity index (χ2v) is 7.17. The largest absolute Gasteiger partial charge is 0.344 e. The first-order valence-electron chi connectivity index (χ1n) is 8.06. The van der Waals surface area contributed by atoms with Crippen molar-refractivity contribution in [1.29, 1.82) is 0 Å². The highest BCUT2D eigenvalue weighted by Gasteiger charge is 2.26. The van der Waals surface area contributed by atoms with E-state index >= 15 is 0 Å². The first-order chi connectivity index (χ1) is 11.2. The van der Waals surface area contributed by atoms with E-state index in [4.69, 9.17) is 23.2 Å². The predicted molar refractivity (Wildman–Crippen MR) is 96.5 cm³/mol. The van der Waals surface area contributed by atoms with Crippen molar-refractivity contribution >= 4 is 34.1 Å². The standard InChI is InChI=1S/C19H16Cl2N2/c20-16-3-1-2-13(18(16)21)12-8-11-5-7-23-17-4-6-22-10-15(17)14(9-12)19(11)23/h1-3,8-9,22H,4-7,10H2. The van der Waals surface area contributed by atoms with E-state index in [-0.39, 0.29) is 0 Å². The second-order valence-electron chi connectivity index (χ2n) is 6.39. The quantitative estimate of drug-likeness (QED) is 0.671. The molecule has 5 rings (SSSR count). The summed E-state index contributed by atoms with van der Waals surface area (Å²) in [7, 11) is 0. The van der Waals surface area contributed by atoms with Gasteiger partial charge in [-0.2, -0.15) is 0 Å². The average Bonchev–Trinajstić information content (AvgIpc) is 3.13. The number of benzene rings is 2. The van der Waals surface area contributed by atoms with Crippen molar-refractivity contribution in [2.24, 2.45) is 0 Å². The Balaban J connectivity index is 1.82. The Labute approximate surface area is 145 Å². The van der Waals surface area contributed by atoms with Crippen molar-refractivity contribution in [1.82, 2.24) is 9.88 Å². The van der Waals surface area contributed by atoms with Crippen LogP contribution in [0, 0.1) is 0 Å². The maximum atomic E-state index is 6.46. The highest BCUT2D eigenvalue weighted by molar-refractivity contribution is 6.43. The van der Waals surface area contributed by atoms with E-state index in [1.165, 1.54) is 33.3 Å². The lowest BCUT2D eigenvalue weighted by Crippen LogP contribution is -2.24. The smallest absolute Gasteiger partial charge is 0.0670 e. The minimum Gasteiger partial charge on any atom is -0.344 e. The van der Waals surface area contributed by atoms with Crippen molar-refractivity contribution in [3.63, 3.8) is 0 Å². The number of halogens is 2. The number of aromatic nitrogens is 1. The van der Waals surface area contributed by atoms with Crippen LogP contribution >= 0.6 is 23.2 Å². The van der Waals surface area contributed by atoms with E-state index in [2.05, 4.69) is 28.1 Å². The lowest BCUT2D eigenvalue weighted by atomic mass is 9.97. The van der Waals surface area contributed by atoms with Gasteiger partial charge in [0.05, 0.1) is 15.6 Å². The Morgan fingerprint density at radius 1 is 1.09 bits per heavy atom. The maximum absolute atomic E-state index is 6.46. The molecule has 1 N–H and O–H groups in total. The minimum atomic E-state index is 0.613. The lowest BCUT2D eigenvalue weighted by Gasteiger charge is -2.16. The summed E-state index contributed by atoms with van der Waals surface area (Å²) < 4.78 is 2.53. The third-order valence-corrected chi connectivity index (χ3v) is 5.98. The van der Waals surface area contributed by atoms with Crippen LogP contribution in [0.15, 0.2) is 30.3 Å². The van der Waals surface area contributed by atoms with Gasteiger partial charge in [0.25, 0.3) is 0 Å². The number of aryl methyl sites for hydroxylation is 2. The molecular formula is C19H16Cl2N2. The molecule has 0 spiro atoms. The van der Waals surface area contributed by atoms with Gasteiger partial charge in [0.2, 0.25) is 0 Å². The van der Waals surface area contributed by atoms with Crippen LogP contribution in [0.2, 0.25) is 10.0 Å². The Morgan fingerprint density at radius 2 is 2.00 bits per heavy atom. The van der Waals surface area contributed by atoms with Crippen molar-refractivity contribution in [2.75, 3.05) is 6.54 Å². The molecule has 2 aliphatic heterocycles. The fourth-order valence-electron chi connectivity index (χ4n) is 4.15. The molecule has 0 amide bonds. The Hall–Kier alpha value is -1.48. The van der Waals surface area contributed by atoms with Gasteiger partial charge in [0.15, 0.2) is 0 Å². The second kappa shape index (κ2) is 5.01. The molecule has 0 fully saturated rings. The van der Waals surface area contributed by atoms with Crippen LogP contribution in [0.5, 0.6) is 0 Å². The SMILES string of the molecule is Clc1cccc(-c2cc3c4c(c2)c2c(n4CC3)CCNC2)c1Cl. The molecule has 1 aromatic heterocycles. The molecular weight excluding hydrogens is 327 g/mol. The van der Waals surface area contributed by atoms with Crippen LogP contribution in [0.1, 0.15) is 16.8 Å². The van der Waals surface area contributed by atoms with Gasteiger partial charge in [-0.25, -0.2) is 0 Å². The number of hydrogen-bond acceptors (Lipinski definition) is 1. The zero-order valence-electron chi connectivity index (χ0n) is 12.6. The molecule has 2 aliphatic rings. The fraction of sp³-hybridized carbons (Fsp3) is 0.263. The molecule has 0 radical (unpaired) electrons. The van der Waals surface area contributed by atoms with Gasteiger partial charge < -0.3 is 9.88 Å². The molecule has 2 nitrogen and oxygen atoms in total. The van der Waals surface area contributed by atoms with Gasteiger partial charge in [-0.3, -0.25) is 0 Å². The zero-order chi connectivity index (χ0) is 15.6. The summed E-state index contributed by atoms with van der Waals surface area (Å²) in [6.07, 6.45) is 2.23. The van der Waals surface area contributed by atoms with Gasteiger partial charge >= 0.3 is 0 Å². The van der Waals surface area contributed by atoms with Crippen molar-refractivity contribution < 1.29 is 0 Å². The van der Waals surface area contributed by atoms with E-state index in [0.717, 1.165) is 38.0 Å². The van der Waals surface area contributed by atoms with E-state index < -0.39 is 0 Å². The lowest BCUT2D eigenvalue weighted by molar-refractivity contribution is 0.604. The fourth-order valence-corrected chi connectivity index (χ4v) is 4.56. The molecule has 0 saturated heterocycles. The number of hydrogen-bond donors (Lipinski definition) is 1. The molecule has 0 atom stereocenters. The average molecular weight is 343 g/mol. The van der Waals surface area contributed by atoms with Crippen LogP contribution in [0.3, 0.4) is 0 Å². The van der Waals surface area contributed by atoms with Crippen LogP contribution in [-0.2, 0) is 25.9 Å². The topological polar surface area (TPSA) is 17.0 Å². The molecule has 0 unspecified atom stereocenters. The monoisotopic (exact) mass is 342 g/mol. The van der Waals surface area contributed by atoms with Crippen LogP contribution in [-0.4, -0.2) is 11.1 Å². The van der Waals surface area contributed by atoms with Gasteiger partial charge in [-0.05, 0) is 41.3 Å². The number of nitrogens with zero attached hydrogens (tertiary/aromatic N) is 1. The Kier molecular flexibility index (Phi) is 3.03. The molecule has 4 heteroatoms. The molecule has 23 heavy (non-hydrogen) atoms. The van der Waals surface area contributed by atoms with E-state index in [1.807, 2.05) is 12.1 Å². The van der Waals surface area contributed by atoms with Crippen molar-refractivity contribution in [3.8, 4) is 11.1 Å². The summed E-state index contributed by atoms with van der Waals surface area (Å²) >= 11 is 12.7. The number of nitrogens with one attached hydrogen (secondary N) is 1. The third-order valence-electron chi connectivity index (χ3n) is 5.17. The number of fused-ring (bicyclic) bond motifs is 3.